The van der Waals surface area contributed by atoms with E-state index in [1.165, 1.54) is 0 Å². The molecule has 4 heteroatoms. The minimum Gasteiger partial charge on any atom is -0.316 e. The van der Waals surface area contributed by atoms with E-state index in [1.54, 1.807) is 4.68 Å². The summed E-state index contributed by atoms with van der Waals surface area (Å²) in [6, 6.07) is 1.99. The number of aryl methyl sites for hydroxylation is 2. The van der Waals surface area contributed by atoms with E-state index in [9.17, 15) is 4.79 Å². The van der Waals surface area contributed by atoms with Gasteiger partial charge in [-0.05, 0) is 25.5 Å². The smallest absolute Gasteiger partial charge is 0.143 e. The molecule has 1 aliphatic rings. The van der Waals surface area contributed by atoms with Crippen molar-refractivity contribution in [3.05, 3.63) is 17.5 Å². The SMILES string of the molecule is Cc1cc(CC(=O)C2CNCC2C)n(C)n1. The van der Waals surface area contributed by atoms with Gasteiger partial charge in [-0.3, -0.25) is 9.48 Å². The van der Waals surface area contributed by atoms with Crippen molar-refractivity contribution in [1.29, 1.82) is 0 Å². The second-order valence-corrected chi connectivity index (χ2v) is 4.79. The molecule has 0 amide bonds. The van der Waals surface area contributed by atoms with Gasteiger partial charge in [-0.1, -0.05) is 6.92 Å². The van der Waals surface area contributed by atoms with Crippen molar-refractivity contribution >= 4 is 5.78 Å². The summed E-state index contributed by atoms with van der Waals surface area (Å²) in [7, 11) is 1.89. The second-order valence-electron chi connectivity index (χ2n) is 4.79. The molecule has 16 heavy (non-hydrogen) atoms. The Morgan fingerprint density at radius 3 is 2.88 bits per heavy atom. The molecule has 0 aliphatic carbocycles. The quantitative estimate of drug-likeness (QED) is 0.817. The van der Waals surface area contributed by atoms with Crippen LogP contribution < -0.4 is 5.32 Å². The highest BCUT2D eigenvalue weighted by Crippen LogP contribution is 2.19. The number of rotatable bonds is 3. The lowest BCUT2D eigenvalue weighted by molar-refractivity contribution is -0.122. The van der Waals surface area contributed by atoms with Crippen molar-refractivity contribution in [1.82, 2.24) is 15.1 Å². The first-order valence-corrected chi connectivity index (χ1v) is 5.81. The Balaban J connectivity index is 2.04. The monoisotopic (exact) mass is 221 g/mol. The minimum absolute atomic E-state index is 0.176. The fourth-order valence-corrected chi connectivity index (χ4v) is 2.38. The average molecular weight is 221 g/mol. The Bertz CT molecular complexity index is 397. The molecular weight excluding hydrogens is 202 g/mol. The number of nitrogens with one attached hydrogen (secondary N) is 1. The van der Waals surface area contributed by atoms with Gasteiger partial charge in [-0.25, -0.2) is 0 Å². The molecule has 2 atom stereocenters. The average Bonchev–Trinajstić information content (AvgIpc) is 2.74. The molecule has 0 aromatic carbocycles. The Labute approximate surface area is 96.0 Å². The van der Waals surface area contributed by atoms with Gasteiger partial charge in [0.05, 0.1) is 5.69 Å². The van der Waals surface area contributed by atoms with Crippen LogP contribution in [-0.4, -0.2) is 28.7 Å². The standard InChI is InChI=1S/C12H19N3O/c1-8-6-13-7-11(8)12(16)5-10-4-9(2)14-15(10)3/h4,8,11,13H,5-7H2,1-3H3. The van der Waals surface area contributed by atoms with E-state index < -0.39 is 0 Å². The van der Waals surface area contributed by atoms with E-state index in [-0.39, 0.29) is 5.92 Å². The van der Waals surface area contributed by atoms with Gasteiger partial charge >= 0.3 is 0 Å². The molecule has 4 nitrogen and oxygen atoms in total. The van der Waals surface area contributed by atoms with E-state index in [2.05, 4.69) is 17.3 Å². The molecule has 0 saturated carbocycles. The van der Waals surface area contributed by atoms with E-state index in [1.807, 2.05) is 20.0 Å². The first-order valence-electron chi connectivity index (χ1n) is 5.81. The summed E-state index contributed by atoms with van der Waals surface area (Å²) < 4.78 is 1.81. The highest BCUT2D eigenvalue weighted by atomic mass is 16.1. The van der Waals surface area contributed by atoms with Gasteiger partial charge in [0.15, 0.2) is 0 Å². The number of carbonyl (C=O) groups is 1. The number of carbonyl (C=O) groups excluding carboxylic acids is 1. The van der Waals surface area contributed by atoms with Gasteiger partial charge in [0.1, 0.15) is 5.78 Å². The maximum atomic E-state index is 12.1. The summed E-state index contributed by atoms with van der Waals surface area (Å²) in [6.45, 7) is 5.88. The van der Waals surface area contributed by atoms with Gasteiger partial charge in [-0.15, -0.1) is 0 Å². The third-order valence-electron chi connectivity index (χ3n) is 3.39. The third-order valence-corrected chi connectivity index (χ3v) is 3.39. The number of Topliss-reactive ketones (excluding diaryl/α,β-unsaturated/α-hetero) is 1. The molecule has 0 radical (unpaired) electrons. The molecule has 1 saturated heterocycles. The maximum absolute atomic E-state index is 12.1. The zero-order valence-corrected chi connectivity index (χ0v) is 10.2. The molecule has 88 valence electrons. The molecule has 2 heterocycles. The van der Waals surface area contributed by atoms with E-state index >= 15 is 0 Å². The molecule has 1 aliphatic heterocycles. The topological polar surface area (TPSA) is 46.9 Å². The summed E-state index contributed by atoms with van der Waals surface area (Å²) >= 11 is 0. The second kappa shape index (κ2) is 4.37. The predicted molar refractivity (Wildman–Crippen MR) is 62.2 cm³/mol. The van der Waals surface area contributed by atoms with Crippen LogP contribution in [0.25, 0.3) is 0 Å². The molecule has 1 aromatic rings. The Kier molecular flexibility index (Phi) is 3.10. The van der Waals surface area contributed by atoms with Crippen LogP contribution in [0.4, 0.5) is 0 Å². The number of ketones is 1. The number of hydrogen-bond donors (Lipinski definition) is 1. The molecule has 1 aromatic heterocycles. The lowest BCUT2D eigenvalue weighted by Crippen LogP contribution is -2.23. The lowest BCUT2D eigenvalue weighted by Gasteiger charge is -2.12. The molecule has 2 rings (SSSR count). The van der Waals surface area contributed by atoms with Crippen molar-refractivity contribution in [2.75, 3.05) is 13.1 Å². The molecule has 0 bridgehead atoms. The van der Waals surface area contributed by atoms with Gasteiger partial charge in [-0.2, -0.15) is 5.10 Å². The van der Waals surface area contributed by atoms with Crippen molar-refractivity contribution in [2.45, 2.75) is 20.3 Å². The fourth-order valence-electron chi connectivity index (χ4n) is 2.38. The van der Waals surface area contributed by atoms with Crippen molar-refractivity contribution < 1.29 is 4.79 Å². The largest absolute Gasteiger partial charge is 0.316 e. The van der Waals surface area contributed by atoms with E-state index in [0.29, 0.717) is 18.1 Å². The van der Waals surface area contributed by atoms with Crippen LogP contribution in [0.15, 0.2) is 6.07 Å². The summed E-state index contributed by atoms with van der Waals surface area (Å²) in [5.41, 5.74) is 1.99. The van der Waals surface area contributed by atoms with Crippen LogP contribution in [0.1, 0.15) is 18.3 Å². The van der Waals surface area contributed by atoms with Gasteiger partial charge in [0.2, 0.25) is 0 Å². The van der Waals surface area contributed by atoms with Crippen LogP contribution in [0.2, 0.25) is 0 Å². The lowest BCUT2D eigenvalue weighted by atomic mass is 9.91. The van der Waals surface area contributed by atoms with E-state index in [0.717, 1.165) is 24.5 Å². The maximum Gasteiger partial charge on any atom is 0.143 e. The van der Waals surface area contributed by atoms with Crippen molar-refractivity contribution in [3.8, 4) is 0 Å². The zero-order chi connectivity index (χ0) is 11.7. The minimum atomic E-state index is 0.176. The Morgan fingerprint density at radius 2 is 2.38 bits per heavy atom. The summed E-state index contributed by atoms with van der Waals surface area (Å²) in [4.78, 5) is 12.1. The fraction of sp³-hybridized carbons (Fsp3) is 0.667. The van der Waals surface area contributed by atoms with Crippen LogP contribution in [-0.2, 0) is 18.3 Å². The van der Waals surface area contributed by atoms with Gasteiger partial charge < -0.3 is 5.32 Å². The summed E-state index contributed by atoms with van der Waals surface area (Å²) in [5, 5.41) is 7.52. The van der Waals surface area contributed by atoms with Crippen LogP contribution in [0.3, 0.4) is 0 Å². The zero-order valence-electron chi connectivity index (χ0n) is 10.2. The van der Waals surface area contributed by atoms with Crippen molar-refractivity contribution in [2.24, 2.45) is 18.9 Å². The van der Waals surface area contributed by atoms with Crippen LogP contribution >= 0.6 is 0 Å². The molecule has 2 unspecified atom stereocenters. The van der Waals surface area contributed by atoms with Gasteiger partial charge in [0, 0.05) is 31.6 Å². The highest BCUT2D eigenvalue weighted by molar-refractivity contribution is 5.83. The first kappa shape index (κ1) is 11.3. The molecule has 0 spiro atoms. The number of nitrogens with zero attached hydrogens (tertiary/aromatic N) is 2. The predicted octanol–water partition coefficient (Wildman–Crippen LogP) is 0.696. The van der Waals surface area contributed by atoms with Crippen molar-refractivity contribution in [3.63, 3.8) is 0 Å². The van der Waals surface area contributed by atoms with Crippen LogP contribution in [0.5, 0.6) is 0 Å². The molecule has 1 fully saturated rings. The van der Waals surface area contributed by atoms with Gasteiger partial charge in [0.25, 0.3) is 0 Å². The third kappa shape index (κ3) is 2.16. The molecular formula is C12H19N3O. The first-order chi connectivity index (χ1) is 7.58. The molecule has 1 N–H and O–H groups in total. The Morgan fingerprint density at radius 1 is 1.62 bits per heavy atom. The Hall–Kier alpha value is -1.16. The normalized spacial score (nSPS) is 24.9. The van der Waals surface area contributed by atoms with Crippen LogP contribution in [0, 0.1) is 18.8 Å². The highest BCUT2D eigenvalue weighted by Gasteiger charge is 2.29. The number of aromatic nitrogens is 2. The van der Waals surface area contributed by atoms with E-state index in [4.69, 9.17) is 0 Å². The number of hydrogen-bond acceptors (Lipinski definition) is 3. The summed E-state index contributed by atoms with van der Waals surface area (Å²) in [6.07, 6.45) is 0.508. The summed E-state index contributed by atoms with van der Waals surface area (Å²) in [5.74, 6) is 0.970.